The van der Waals surface area contributed by atoms with E-state index in [0.717, 1.165) is 6.07 Å². The Labute approximate surface area is 85.2 Å². The van der Waals surface area contributed by atoms with Gasteiger partial charge >= 0.3 is 11.7 Å². The number of nitro benzene ring substituents is 1. The molecule has 0 atom stereocenters. The van der Waals surface area contributed by atoms with Gasteiger partial charge in [-0.25, -0.2) is 0 Å². The average molecular weight is 211 g/mol. The number of hydrogen-bond donors (Lipinski definition) is 1. The zero-order valence-electron chi connectivity index (χ0n) is 7.97. The van der Waals surface area contributed by atoms with Crippen molar-refractivity contribution in [1.29, 1.82) is 0 Å². The van der Waals surface area contributed by atoms with Crippen LogP contribution in [0.1, 0.15) is 5.56 Å². The largest absolute Gasteiger partial charge is 0.502 e. The molecule has 6 heteroatoms. The summed E-state index contributed by atoms with van der Waals surface area (Å²) in [5, 5.41) is 19.6. The van der Waals surface area contributed by atoms with E-state index in [9.17, 15) is 20.0 Å². The molecule has 6 nitrogen and oxygen atoms in total. The summed E-state index contributed by atoms with van der Waals surface area (Å²) >= 11 is 0. The number of benzene rings is 1. The molecule has 0 radical (unpaired) electrons. The smallest absolute Gasteiger partial charge is 0.310 e. The summed E-state index contributed by atoms with van der Waals surface area (Å²) in [6, 6.07) is 3.72. The van der Waals surface area contributed by atoms with Crippen LogP contribution in [0.2, 0.25) is 0 Å². The van der Waals surface area contributed by atoms with Crippen molar-refractivity contribution < 1.29 is 19.6 Å². The molecule has 0 aliphatic carbocycles. The lowest BCUT2D eigenvalue weighted by molar-refractivity contribution is -0.385. The molecule has 1 aromatic rings. The van der Waals surface area contributed by atoms with Crippen molar-refractivity contribution in [3.05, 3.63) is 33.9 Å². The minimum absolute atomic E-state index is 0.0257. The fourth-order valence-corrected chi connectivity index (χ4v) is 1.07. The molecule has 0 aromatic heterocycles. The Morgan fingerprint density at radius 3 is 2.73 bits per heavy atom. The summed E-state index contributed by atoms with van der Waals surface area (Å²) in [6.45, 7) is 0. The number of carbonyl (C=O) groups excluding carboxylic acids is 1. The Balaban J connectivity index is 2.91. The topological polar surface area (TPSA) is 89.7 Å². The second-order valence-electron chi connectivity index (χ2n) is 2.83. The van der Waals surface area contributed by atoms with Crippen LogP contribution in [0, 0.1) is 10.1 Å². The molecule has 0 saturated carbocycles. The lowest BCUT2D eigenvalue weighted by Gasteiger charge is -2.01. The van der Waals surface area contributed by atoms with E-state index in [-0.39, 0.29) is 12.1 Å². The second kappa shape index (κ2) is 4.41. The molecular weight excluding hydrogens is 202 g/mol. The van der Waals surface area contributed by atoms with Crippen molar-refractivity contribution in [3.8, 4) is 5.75 Å². The van der Waals surface area contributed by atoms with Gasteiger partial charge in [-0.1, -0.05) is 6.07 Å². The van der Waals surface area contributed by atoms with Gasteiger partial charge in [0, 0.05) is 6.07 Å². The summed E-state index contributed by atoms with van der Waals surface area (Å²) in [5.74, 6) is -0.926. The minimum atomic E-state index is -0.697. The summed E-state index contributed by atoms with van der Waals surface area (Å²) in [4.78, 5) is 20.5. The first-order valence-corrected chi connectivity index (χ1v) is 4.07. The van der Waals surface area contributed by atoms with Crippen LogP contribution in [0.5, 0.6) is 5.75 Å². The highest BCUT2D eigenvalue weighted by atomic mass is 16.6. The van der Waals surface area contributed by atoms with Crippen LogP contribution in [0.4, 0.5) is 5.69 Å². The molecule has 0 saturated heterocycles. The van der Waals surface area contributed by atoms with Crippen molar-refractivity contribution in [2.24, 2.45) is 0 Å². The molecule has 1 N–H and O–H groups in total. The Hall–Kier alpha value is -2.11. The molecular formula is C9H9NO5. The Bertz CT molecular complexity index is 401. The van der Waals surface area contributed by atoms with E-state index in [0.29, 0.717) is 5.56 Å². The normalized spacial score (nSPS) is 9.67. The number of nitro groups is 1. The van der Waals surface area contributed by atoms with Crippen molar-refractivity contribution in [1.82, 2.24) is 0 Å². The van der Waals surface area contributed by atoms with Crippen molar-refractivity contribution >= 4 is 11.7 Å². The highest BCUT2D eigenvalue weighted by Gasteiger charge is 2.14. The number of hydrogen-bond acceptors (Lipinski definition) is 5. The van der Waals surface area contributed by atoms with E-state index in [4.69, 9.17) is 0 Å². The van der Waals surface area contributed by atoms with Gasteiger partial charge in [-0.15, -0.1) is 0 Å². The third-order valence-corrected chi connectivity index (χ3v) is 1.81. The van der Waals surface area contributed by atoms with E-state index in [1.807, 2.05) is 0 Å². The van der Waals surface area contributed by atoms with Gasteiger partial charge in [-0.2, -0.15) is 0 Å². The monoisotopic (exact) mass is 211 g/mol. The summed E-state index contributed by atoms with van der Waals surface area (Å²) in [7, 11) is 1.24. The Kier molecular flexibility index (Phi) is 3.22. The van der Waals surface area contributed by atoms with Gasteiger partial charge < -0.3 is 9.84 Å². The fourth-order valence-electron chi connectivity index (χ4n) is 1.07. The molecule has 0 aliphatic heterocycles. The highest BCUT2D eigenvalue weighted by molar-refractivity contribution is 5.72. The first kappa shape index (κ1) is 11.0. The number of ether oxygens (including phenoxy) is 1. The molecule has 80 valence electrons. The number of esters is 1. The summed E-state index contributed by atoms with van der Waals surface area (Å²) < 4.78 is 4.42. The fraction of sp³-hybridized carbons (Fsp3) is 0.222. The molecule has 0 bridgehead atoms. The lowest BCUT2D eigenvalue weighted by atomic mass is 10.1. The van der Waals surface area contributed by atoms with Crippen molar-refractivity contribution in [3.63, 3.8) is 0 Å². The number of phenolic OH excluding ortho intramolecular Hbond substituents is 1. The third-order valence-electron chi connectivity index (χ3n) is 1.81. The summed E-state index contributed by atoms with van der Waals surface area (Å²) in [6.07, 6.45) is -0.0257. The molecule has 1 aromatic carbocycles. The standard InChI is InChI=1S/C9H9NO5/c1-15-9(12)5-6-2-3-7(10(13)14)8(11)4-6/h2-4,11H,5H2,1H3. The number of aromatic hydroxyl groups is 1. The van der Waals surface area contributed by atoms with Crippen molar-refractivity contribution in [2.75, 3.05) is 7.11 Å². The van der Waals surface area contributed by atoms with Gasteiger partial charge in [0.2, 0.25) is 0 Å². The van der Waals surface area contributed by atoms with Crippen LogP contribution >= 0.6 is 0 Å². The molecule has 0 unspecified atom stereocenters. The second-order valence-corrected chi connectivity index (χ2v) is 2.83. The predicted octanol–water partition coefficient (Wildman–Crippen LogP) is 1.02. The number of methoxy groups -OCH3 is 1. The van der Waals surface area contributed by atoms with Gasteiger partial charge in [-0.3, -0.25) is 14.9 Å². The lowest BCUT2D eigenvalue weighted by Crippen LogP contribution is -2.04. The molecule has 0 fully saturated rings. The number of rotatable bonds is 3. The molecule has 15 heavy (non-hydrogen) atoms. The van der Waals surface area contributed by atoms with Crippen LogP contribution in [-0.4, -0.2) is 23.1 Å². The van der Waals surface area contributed by atoms with Crippen LogP contribution in [0.25, 0.3) is 0 Å². The predicted molar refractivity (Wildman–Crippen MR) is 50.5 cm³/mol. The maximum atomic E-state index is 10.9. The van der Waals surface area contributed by atoms with E-state index in [2.05, 4.69) is 4.74 Å². The third kappa shape index (κ3) is 2.67. The molecule has 1 rings (SSSR count). The van der Waals surface area contributed by atoms with Crippen LogP contribution < -0.4 is 0 Å². The van der Waals surface area contributed by atoms with Gasteiger partial charge in [0.05, 0.1) is 18.5 Å². The maximum Gasteiger partial charge on any atom is 0.310 e. The number of phenols is 1. The number of nitrogens with zero attached hydrogens (tertiary/aromatic N) is 1. The van der Waals surface area contributed by atoms with Crippen LogP contribution in [0.3, 0.4) is 0 Å². The van der Waals surface area contributed by atoms with Gasteiger partial charge in [0.25, 0.3) is 0 Å². The van der Waals surface area contributed by atoms with Gasteiger partial charge in [-0.05, 0) is 11.6 Å². The average Bonchev–Trinajstić information content (AvgIpc) is 2.17. The first-order chi connectivity index (χ1) is 7.04. The van der Waals surface area contributed by atoms with Crippen LogP contribution in [0.15, 0.2) is 18.2 Å². The number of carbonyl (C=O) groups is 1. The van der Waals surface area contributed by atoms with Crippen LogP contribution in [-0.2, 0) is 16.0 Å². The first-order valence-electron chi connectivity index (χ1n) is 4.07. The van der Waals surface area contributed by atoms with Gasteiger partial charge in [0.1, 0.15) is 0 Å². The highest BCUT2D eigenvalue weighted by Crippen LogP contribution is 2.26. The molecule has 0 heterocycles. The summed E-state index contributed by atoms with van der Waals surface area (Å²) in [5.41, 5.74) is 0.0774. The minimum Gasteiger partial charge on any atom is -0.502 e. The Morgan fingerprint density at radius 1 is 1.60 bits per heavy atom. The molecule has 0 aliphatic rings. The molecule has 0 amide bonds. The zero-order chi connectivity index (χ0) is 11.4. The van der Waals surface area contributed by atoms with E-state index < -0.39 is 16.6 Å². The quantitative estimate of drug-likeness (QED) is 0.458. The van der Waals surface area contributed by atoms with E-state index in [1.165, 1.54) is 19.2 Å². The molecule has 0 spiro atoms. The zero-order valence-corrected chi connectivity index (χ0v) is 7.97. The maximum absolute atomic E-state index is 10.9. The van der Waals surface area contributed by atoms with Crippen molar-refractivity contribution in [2.45, 2.75) is 6.42 Å². The van der Waals surface area contributed by atoms with E-state index >= 15 is 0 Å². The Morgan fingerprint density at radius 2 is 2.27 bits per heavy atom. The van der Waals surface area contributed by atoms with Gasteiger partial charge in [0.15, 0.2) is 5.75 Å². The SMILES string of the molecule is COC(=O)Cc1ccc([N+](=O)[O-])c(O)c1. The van der Waals surface area contributed by atoms with E-state index in [1.54, 1.807) is 0 Å².